The van der Waals surface area contributed by atoms with Gasteiger partial charge in [0.25, 0.3) is 0 Å². The first-order chi connectivity index (χ1) is 16.3. The van der Waals surface area contributed by atoms with E-state index >= 15 is 0 Å². The van der Waals surface area contributed by atoms with E-state index in [2.05, 4.69) is 29.6 Å². The fraction of sp³-hybridized carbons (Fsp3) is 0.444. The van der Waals surface area contributed by atoms with Crippen molar-refractivity contribution in [3.05, 3.63) is 59.7 Å². The summed E-state index contributed by atoms with van der Waals surface area (Å²) in [5.41, 5.74) is 4.63. The van der Waals surface area contributed by atoms with Gasteiger partial charge in [-0.2, -0.15) is 0 Å². The average Bonchev–Trinajstić information content (AvgIpc) is 3.48. The van der Waals surface area contributed by atoms with Crippen LogP contribution in [0, 0.1) is 17.8 Å². The summed E-state index contributed by atoms with van der Waals surface area (Å²) < 4.78 is 5.65. The summed E-state index contributed by atoms with van der Waals surface area (Å²) in [5.74, 6) is -1.32. The fourth-order valence-electron chi connectivity index (χ4n) is 5.82. The number of nitrogens with one attached hydrogen (secondary N) is 1. The number of hydrogen-bond donors (Lipinski definition) is 2. The molecule has 2 saturated heterocycles. The van der Waals surface area contributed by atoms with E-state index in [0.29, 0.717) is 6.54 Å². The van der Waals surface area contributed by atoms with E-state index < -0.39 is 18.0 Å². The van der Waals surface area contributed by atoms with Gasteiger partial charge in [0, 0.05) is 31.0 Å². The third-order valence-electron chi connectivity index (χ3n) is 7.75. The van der Waals surface area contributed by atoms with Crippen LogP contribution in [0.15, 0.2) is 48.5 Å². The molecule has 2 aliphatic carbocycles. The molecule has 2 bridgehead atoms. The zero-order valence-electron chi connectivity index (χ0n) is 19.4. The predicted molar refractivity (Wildman–Crippen MR) is 126 cm³/mol. The molecule has 34 heavy (non-hydrogen) atoms. The lowest BCUT2D eigenvalue weighted by Crippen LogP contribution is -2.47. The second-order valence-electron chi connectivity index (χ2n) is 10.00. The number of carbonyl (C=O) groups excluding carboxylic acids is 2. The van der Waals surface area contributed by atoms with Crippen molar-refractivity contribution in [1.82, 2.24) is 10.2 Å². The summed E-state index contributed by atoms with van der Waals surface area (Å²) in [7, 11) is 0. The van der Waals surface area contributed by atoms with Crippen LogP contribution in [-0.2, 0) is 14.3 Å². The van der Waals surface area contributed by atoms with Crippen molar-refractivity contribution in [2.24, 2.45) is 17.8 Å². The molecule has 7 heteroatoms. The largest absolute Gasteiger partial charge is 0.481 e. The van der Waals surface area contributed by atoms with Gasteiger partial charge in [-0.1, -0.05) is 62.4 Å². The molecule has 7 nitrogen and oxygen atoms in total. The van der Waals surface area contributed by atoms with Crippen molar-refractivity contribution < 1.29 is 24.2 Å². The number of carboxylic acids is 1. The van der Waals surface area contributed by atoms with Gasteiger partial charge < -0.3 is 20.1 Å². The molecule has 4 aliphatic rings. The number of ether oxygens (including phenoxy) is 1. The number of fused-ring (bicyclic) bond motifs is 4. The minimum absolute atomic E-state index is 0.0253. The lowest BCUT2D eigenvalue weighted by atomic mass is 9.74. The summed E-state index contributed by atoms with van der Waals surface area (Å²) in [5, 5.41) is 12.2. The van der Waals surface area contributed by atoms with Crippen LogP contribution < -0.4 is 5.32 Å². The van der Waals surface area contributed by atoms with Crippen LogP contribution in [0.25, 0.3) is 11.1 Å². The highest BCUT2D eigenvalue weighted by atomic mass is 16.5. The summed E-state index contributed by atoms with van der Waals surface area (Å²) in [4.78, 5) is 38.8. The molecule has 0 radical (unpaired) electrons. The summed E-state index contributed by atoms with van der Waals surface area (Å²) in [6, 6.07) is 15.7. The number of nitrogens with zero attached hydrogens (tertiary/aromatic N) is 1. The molecule has 3 fully saturated rings. The van der Waals surface area contributed by atoms with E-state index in [1.165, 1.54) is 11.1 Å². The molecule has 2 amide bonds. The SMILES string of the molecule is CC(C)C(CC(=O)N1CC2CC1C2C(=O)O)NC(=O)OCC1c2ccccc2-c2ccccc21. The highest BCUT2D eigenvalue weighted by molar-refractivity contribution is 5.82. The maximum absolute atomic E-state index is 12.9. The molecule has 2 heterocycles. The molecule has 6 rings (SSSR count). The third kappa shape index (κ3) is 3.83. The Hall–Kier alpha value is -3.35. The zero-order chi connectivity index (χ0) is 24.0. The molecule has 2 N–H and O–H groups in total. The van der Waals surface area contributed by atoms with E-state index in [1.807, 2.05) is 38.1 Å². The van der Waals surface area contributed by atoms with Gasteiger partial charge in [0.1, 0.15) is 6.61 Å². The Morgan fingerprint density at radius 1 is 1.06 bits per heavy atom. The quantitative estimate of drug-likeness (QED) is 0.651. The number of carboxylic acid groups (broad SMARTS) is 1. The van der Waals surface area contributed by atoms with E-state index in [1.54, 1.807) is 4.90 Å². The van der Waals surface area contributed by atoms with Gasteiger partial charge in [0.05, 0.1) is 5.92 Å². The number of aliphatic carboxylic acids is 1. The number of benzene rings is 2. The number of hydrogen-bond acceptors (Lipinski definition) is 4. The fourth-order valence-corrected chi connectivity index (χ4v) is 5.82. The predicted octanol–water partition coefficient (Wildman–Crippen LogP) is 3.87. The monoisotopic (exact) mass is 462 g/mol. The maximum Gasteiger partial charge on any atom is 0.407 e. The number of rotatable bonds is 7. The van der Waals surface area contributed by atoms with Crippen LogP contribution in [0.1, 0.15) is 43.7 Å². The van der Waals surface area contributed by atoms with Crippen molar-refractivity contribution in [2.75, 3.05) is 13.2 Å². The van der Waals surface area contributed by atoms with E-state index in [0.717, 1.165) is 17.5 Å². The Labute approximate surface area is 199 Å². The maximum atomic E-state index is 12.9. The number of carbonyl (C=O) groups is 3. The molecule has 2 aromatic rings. The Morgan fingerprint density at radius 3 is 2.24 bits per heavy atom. The van der Waals surface area contributed by atoms with Crippen LogP contribution in [0.3, 0.4) is 0 Å². The van der Waals surface area contributed by atoms with Crippen LogP contribution >= 0.6 is 0 Å². The smallest absolute Gasteiger partial charge is 0.407 e. The van der Waals surface area contributed by atoms with Crippen molar-refractivity contribution in [3.63, 3.8) is 0 Å². The van der Waals surface area contributed by atoms with Gasteiger partial charge in [-0.3, -0.25) is 9.59 Å². The van der Waals surface area contributed by atoms with Gasteiger partial charge in [-0.25, -0.2) is 4.79 Å². The number of alkyl carbamates (subject to hydrolysis) is 1. The van der Waals surface area contributed by atoms with Crippen LogP contribution in [0.5, 0.6) is 0 Å². The minimum atomic E-state index is -0.825. The summed E-state index contributed by atoms with van der Waals surface area (Å²) in [6.07, 6.45) is 0.356. The van der Waals surface area contributed by atoms with Crippen molar-refractivity contribution in [2.45, 2.75) is 44.7 Å². The average molecular weight is 463 g/mol. The van der Waals surface area contributed by atoms with Crippen molar-refractivity contribution >= 4 is 18.0 Å². The van der Waals surface area contributed by atoms with Crippen LogP contribution in [0.2, 0.25) is 0 Å². The first-order valence-electron chi connectivity index (χ1n) is 12.0. The topological polar surface area (TPSA) is 95.9 Å². The van der Waals surface area contributed by atoms with Gasteiger partial charge >= 0.3 is 12.1 Å². The first-order valence-corrected chi connectivity index (χ1v) is 12.0. The molecule has 4 unspecified atom stereocenters. The van der Waals surface area contributed by atoms with E-state index in [-0.39, 0.29) is 48.8 Å². The van der Waals surface area contributed by atoms with Gasteiger partial charge in [0.2, 0.25) is 5.91 Å². The third-order valence-corrected chi connectivity index (χ3v) is 7.75. The van der Waals surface area contributed by atoms with Crippen molar-refractivity contribution in [1.29, 1.82) is 0 Å². The second-order valence-corrected chi connectivity index (χ2v) is 10.00. The first kappa shape index (κ1) is 22.4. The standard InChI is InChI=1S/C27H30N2O5/c1-15(2)22(12-24(30)29-13-16-11-23(29)25(16)26(31)32)28-27(33)34-14-21-19-9-5-3-7-17(19)18-8-4-6-10-20(18)21/h3-10,15-16,21-23,25H,11-14H2,1-2H3,(H,28,33)(H,31,32). The van der Waals surface area contributed by atoms with Gasteiger partial charge in [-0.15, -0.1) is 0 Å². The van der Waals surface area contributed by atoms with Crippen molar-refractivity contribution in [3.8, 4) is 11.1 Å². The van der Waals surface area contributed by atoms with Gasteiger partial charge in [0.15, 0.2) is 0 Å². The Kier molecular flexibility index (Phi) is 5.80. The second kappa shape index (κ2) is 8.78. The lowest BCUT2D eigenvalue weighted by Gasteiger charge is -2.33. The molecule has 1 saturated carbocycles. The minimum Gasteiger partial charge on any atom is -0.481 e. The lowest BCUT2D eigenvalue weighted by molar-refractivity contribution is -0.148. The summed E-state index contributed by atoms with van der Waals surface area (Å²) in [6.45, 7) is 4.61. The number of amides is 2. The summed E-state index contributed by atoms with van der Waals surface area (Å²) >= 11 is 0. The molecule has 178 valence electrons. The molecule has 0 aromatic heterocycles. The zero-order valence-corrected chi connectivity index (χ0v) is 19.4. The molecule has 2 aliphatic heterocycles. The van der Waals surface area contributed by atoms with E-state index in [4.69, 9.17) is 4.74 Å². The highest BCUT2D eigenvalue weighted by Crippen LogP contribution is 2.47. The van der Waals surface area contributed by atoms with Gasteiger partial charge in [-0.05, 0) is 40.5 Å². The Bertz CT molecular complexity index is 1080. The molecular formula is C27H30N2O5. The Morgan fingerprint density at radius 2 is 1.68 bits per heavy atom. The van der Waals surface area contributed by atoms with E-state index in [9.17, 15) is 19.5 Å². The highest BCUT2D eigenvalue weighted by Gasteiger charge is 2.57. The van der Waals surface area contributed by atoms with Crippen LogP contribution in [0.4, 0.5) is 4.79 Å². The van der Waals surface area contributed by atoms with Crippen LogP contribution in [-0.4, -0.2) is 53.2 Å². The molecular weight excluding hydrogens is 432 g/mol. The molecule has 4 atom stereocenters. The normalized spacial score (nSPS) is 23.1. The molecule has 0 spiro atoms. The molecule has 2 aromatic carbocycles. The Balaban J connectivity index is 1.20.